The van der Waals surface area contributed by atoms with Crippen molar-refractivity contribution in [2.75, 3.05) is 13.1 Å². The van der Waals surface area contributed by atoms with E-state index in [9.17, 15) is 22.8 Å². The maximum absolute atomic E-state index is 12.9. The highest BCUT2D eigenvalue weighted by Gasteiger charge is 2.59. The molecule has 0 aromatic heterocycles. The minimum atomic E-state index is -4.69. The normalized spacial score (nSPS) is 35.7. The molecule has 29 heavy (non-hydrogen) atoms. The van der Waals surface area contributed by atoms with Crippen molar-refractivity contribution >= 4 is 11.8 Å². The molecule has 4 fully saturated rings. The first-order valence-corrected chi connectivity index (χ1v) is 10.1. The van der Waals surface area contributed by atoms with Crippen LogP contribution in [-0.2, 0) is 15.0 Å². The number of hydrogen-bond acceptors (Lipinski definition) is 3. The van der Waals surface area contributed by atoms with Crippen molar-refractivity contribution < 1.29 is 27.5 Å². The Morgan fingerprint density at radius 3 is 2.45 bits per heavy atom. The van der Waals surface area contributed by atoms with Crippen LogP contribution in [0.4, 0.5) is 13.2 Å². The number of carbonyl (C=O) groups excluding carboxylic acids is 2. The minimum Gasteiger partial charge on any atom is -0.406 e. The summed E-state index contributed by atoms with van der Waals surface area (Å²) in [6.07, 6.45) is -0.0278. The number of carbonyl (C=O) groups is 2. The van der Waals surface area contributed by atoms with Gasteiger partial charge in [-0.2, -0.15) is 0 Å². The van der Waals surface area contributed by atoms with Gasteiger partial charge in [0.15, 0.2) is 0 Å². The Balaban J connectivity index is 1.18. The van der Waals surface area contributed by atoms with Crippen molar-refractivity contribution in [1.82, 2.24) is 10.2 Å². The van der Waals surface area contributed by atoms with Crippen LogP contribution in [0, 0.1) is 11.8 Å². The van der Waals surface area contributed by atoms with Crippen molar-refractivity contribution in [3.63, 3.8) is 0 Å². The molecule has 2 aliphatic carbocycles. The molecule has 156 valence electrons. The first-order valence-electron chi connectivity index (χ1n) is 10.1. The minimum absolute atomic E-state index is 0.00143. The van der Waals surface area contributed by atoms with Gasteiger partial charge in [0, 0.05) is 36.4 Å². The molecule has 2 unspecified atom stereocenters. The first kappa shape index (κ1) is 18.8. The van der Waals surface area contributed by atoms with Crippen LogP contribution < -0.4 is 10.1 Å². The molecule has 5 nitrogen and oxygen atoms in total. The number of fused-ring (bicyclic) bond motifs is 1. The molecule has 2 saturated carbocycles. The first-order chi connectivity index (χ1) is 13.7. The lowest BCUT2D eigenvalue weighted by Gasteiger charge is -2.46. The van der Waals surface area contributed by atoms with E-state index >= 15 is 0 Å². The molecule has 1 aromatic carbocycles. The summed E-state index contributed by atoms with van der Waals surface area (Å²) in [7, 11) is 0. The molecule has 2 amide bonds. The summed E-state index contributed by atoms with van der Waals surface area (Å²) in [5.74, 6) is 0.420. The van der Waals surface area contributed by atoms with Crippen LogP contribution in [0.2, 0.25) is 0 Å². The zero-order valence-electron chi connectivity index (χ0n) is 15.9. The van der Waals surface area contributed by atoms with Gasteiger partial charge in [0.2, 0.25) is 11.8 Å². The molecule has 2 aliphatic heterocycles. The number of nitrogens with zero attached hydrogens (tertiary/aromatic N) is 1. The van der Waals surface area contributed by atoms with Crippen LogP contribution in [0.3, 0.4) is 0 Å². The lowest BCUT2D eigenvalue weighted by Crippen LogP contribution is -2.57. The van der Waals surface area contributed by atoms with E-state index in [0.29, 0.717) is 25.4 Å². The summed E-state index contributed by atoms with van der Waals surface area (Å²) in [6, 6.07) is 6.18. The Bertz CT molecular complexity index is 848. The number of ether oxygens (including phenoxy) is 1. The van der Waals surface area contributed by atoms with Gasteiger partial charge in [0.25, 0.3) is 0 Å². The third-order valence-corrected chi connectivity index (χ3v) is 7.33. The quantitative estimate of drug-likeness (QED) is 0.836. The second kappa shape index (κ2) is 6.12. The Kier molecular flexibility index (Phi) is 3.96. The molecule has 2 atom stereocenters. The SMILES string of the molecule is O=C1CCC2(CC(C(=O)N3CCC4(c5ccc(OC(F)(F)F)cc5)CC4C3)C2)N1. The van der Waals surface area contributed by atoms with Gasteiger partial charge in [0.05, 0.1) is 0 Å². The Morgan fingerprint density at radius 2 is 1.86 bits per heavy atom. The van der Waals surface area contributed by atoms with Crippen molar-refractivity contribution in [2.24, 2.45) is 11.8 Å². The third-order valence-electron chi connectivity index (χ3n) is 7.33. The second-order valence-electron chi connectivity index (χ2n) is 9.10. The number of nitrogens with one attached hydrogen (secondary N) is 1. The van der Waals surface area contributed by atoms with Gasteiger partial charge in [-0.3, -0.25) is 9.59 Å². The maximum Gasteiger partial charge on any atom is 0.573 e. The largest absolute Gasteiger partial charge is 0.573 e. The Morgan fingerprint density at radius 1 is 1.14 bits per heavy atom. The van der Waals surface area contributed by atoms with Crippen molar-refractivity contribution in [1.29, 1.82) is 0 Å². The van der Waals surface area contributed by atoms with Gasteiger partial charge in [-0.1, -0.05) is 12.1 Å². The summed E-state index contributed by atoms with van der Waals surface area (Å²) < 4.78 is 41.0. The van der Waals surface area contributed by atoms with E-state index in [0.717, 1.165) is 37.7 Å². The number of benzene rings is 1. The average Bonchev–Trinajstić information content (AvgIpc) is 3.24. The monoisotopic (exact) mass is 408 g/mol. The lowest BCUT2D eigenvalue weighted by molar-refractivity contribution is -0.274. The number of likely N-dealkylation sites (tertiary alicyclic amines) is 1. The molecule has 0 radical (unpaired) electrons. The van der Waals surface area contributed by atoms with E-state index in [1.54, 1.807) is 12.1 Å². The van der Waals surface area contributed by atoms with Crippen molar-refractivity contribution in [3.05, 3.63) is 29.8 Å². The maximum atomic E-state index is 12.9. The Labute approximate surface area is 166 Å². The van der Waals surface area contributed by atoms with E-state index in [4.69, 9.17) is 0 Å². The smallest absolute Gasteiger partial charge is 0.406 e. The van der Waals surface area contributed by atoms with E-state index in [1.807, 2.05) is 4.90 Å². The molecule has 0 bridgehead atoms. The fraction of sp³-hybridized carbons (Fsp3) is 0.619. The predicted molar refractivity (Wildman–Crippen MR) is 96.9 cm³/mol. The second-order valence-corrected chi connectivity index (χ2v) is 9.10. The summed E-state index contributed by atoms with van der Waals surface area (Å²) in [5, 5.41) is 3.03. The summed E-state index contributed by atoms with van der Waals surface area (Å²) in [5.41, 5.74) is 0.866. The summed E-state index contributed by atoms with van der Waals surface area (Å²) >= 11 is 0. The topological polar surface area (TPSA) is 58.6 Å². The molecular weight excluding hydrogens is 385 g/mol. The molecule has 2 heterocycles. The number of alkyl halides is 3. The Hall–Kier alpha value is -2.25. The van der Waals surface area contributed by atoms with E-state index in [1.165, 1.54) is 12.1 Å². The van der Waals surface area contributed by atoms with Crippen molar-refractivity contribution in [3.8, 4) is 5.75 Å². The van der Waals surface area contributed by atoms with Crippen LogP contribution in [-0.4, -0.2) is 41.7 Å². The highest BCUT2D eigenvalue weighted by Crippen LogP contribution is 2.59. The van der Waals surface area contributed by atoms with E-state index in [-0.39, 0.29) is 34.4 Å². The highest BCUT2D eigenvalue weighted by molar-refractivity contribution is 5.84. The number of amides is 2. The van der Waals surface area contributed by atoms with Gasteiger partial charge < -0.3 is 15.0 Å². The zero-order chi connectivity index (χ0) is 20.4. The van der Waals surface area contributed by atoms with Gasteiger partial charge >= 0.3 is 6.36 Å². The molecule has 1 N–H and O–H groups in total. The molecule has 2 saturated heterocycles. The van der Waals surface area contributed by atoms with E-state index in [2.05, 4.69) is 10.1 Å². The van der Waals surface area contributed by atoms with Gasteiger partial charge in [-0.15, -0.1) is 13.2 Å². The molecule has 4 aliphatic rings. The average molecular weight is 408 g/mol. The number of halogens is 3. The van der Waals surface area contributed by atoms with Crippen LogP contribution in [0.15, 0.2) is 24.3 Å². The molecule has 5 rings (SSSR count). The third kappa shape index (κ3) is 3.26. The van der Waals surface area contributed by atoms with Gasteiger partial charge in [-0.05, 0) is 55.7 Å². The van der Waals surface area contributed by atoms with Crippen LogP contribution >= 0.6 is 0 Å². The number of hydrogen-bond donors (Lipinski definition) is 1. The molecule has 1 spiro atoms. The molecule has 8 heteroatoms. The summed E-state index contributed by atoms with van der Waals surface area (Å²) in [4.78, 5) is 26.3. The standard InChI is InChI=1S/C21H23F3N2O3/c22-21(23,24)29-16-3-1-14(2-4-16)20-7-8-26(12-15(20)11-20)18(28)13-9-19(10-13)6-5-17(27)25-19/h1-4,13,15H,5-12H2,(H,25,27). The lowest BCUT2D eigenvalue weighted by atomic mass is 9.67. The molecule has 1 aromatic rings. The van der Waals surface area contributed by atoms with Crippen LogP contribution in [0.25, 0.3) is 0 Å². The number of rotatable bonds is 3. The fourth-order valence-corrected chi connectivity index (χ4v) is 5.70. The molecular formula is C21H23F3N2O3. The fourth-order valence-electron chi connectivity index (χ4n) is 5.70. The van der Waals surface area contributed by atoms with E-state index < -0.39 is 6.36 Å². The number of piperidine rings is 1. The van der Waals surface area contributed by atoms with Gasteiger partial charge in [0.1, 0.15) is 5.75 Å². The predicted octanol–water partition coefficient (Wildman–Crippen LogP) is 3.13. The summed E-state index contributed by atoms with van der Waals surface area (Å²) in [6.45, 7) is 1.38. The van der Waals surface area contributed by atoms with Gasteiger partial charge in [-0.25, -0.2) is 0 Å². The zero-order valence-corrected chi connectivity index (χ0v) is 15.9. The highest BCUT2D eigenvalue weighted by atomic mass is 19.4. The van der Waals surface area contributed by atoms with Crippen LogP contribution in [0.5, 0.6) is 5.75 Å². The van der Waals surface area contributed by atoms with Crippen molar-refractivity contribution in [2.45, 2.75) is 55.8 Å². The van der Waals surface area contributed by atoms with Crippen LogP contribution in [0.1, 0.15) is 44.1 Å².